The molecule has 3 heteroatoms. The molecule has 0 amide bonds. The van der Waals surface area contributed by atoms with Crippen molar-refractivity contribution in [3.8, 4) is 0 Å². The van der Waals surface area contributed by atoms with Crippen LogP contribution in [0.3, 0.4) is 0 Å². The van der Waals surface area contributed by atoms with Crippen molar-refractivity contribution in [3.05, 3.63) is 36.0 Å². The molecule has 1 heterocycles. The van der Waals surface area contributed by atoms with E-state index in [0.717, 1.165) is 17.5 Å². The number of benzene rings is 1. The average Bonchev–Trinajstić information content (AvgIpc) is 2.64. The molecule has 2 aromatic rings. The number of aromatic nitrogens is 1. The molecule has 14 heavy (non-hydrogen) atoms. The van der Waals surface area contributed by atoms with Gasteiger partial charge in [0, 0.05) is 17.8 Å². The highest BCUT2D eigenvalue weighted by Crippen LogP contribution is 2.19. The maximum absolute atomic E-state index is 5.98. The van der Waals surface area contributed by atoms with Gasteiger partial charge in [-0.3, -0.25) is 0 Å². The number of nitrogens with one attached hydrogen (secondary N) is 1. The Morgan fingerprint density at radius 2 is 2.14 bits per heavy atom. The zero-order chi connectivity index (χ0) is 9.97. The molecule has 74 valence electrons. The number of hydrogen-bond acceptors (Lipinski definition) is 2. The number of aromatic amines is 1. The van der Waals surface area contributed by atoms with Crippen molar-refractivity contribution in [3.63, 3.8) is 0 Å². The van der Waals surface area contributed by atoms with Gasteiger partial charge in [0.15, 0.2) is 0 Å². The number of hydrogen-bond donors (Lipinski definition) is 3. The van der Waals surface area contributed by atoms with E-state index in [0.29, 0.717) is 6.54 Å². The number of fused-ring (bicyclic) bond motifs is 1. The minimum atomic E-state index is 0.0549. The van der Waals surface area contributed by atoms with Crippen LogP contribution < -0.4 is 11.5 Å². The number of H-pyrrole nitrogens is 1. The lowest BCUT2D eigenvalue weighted by Gasteiger charge is -2.10. The molecule has 0 saturated heterocycles. The Bertz CT molecular complexity index is 419. The molecule has 1 aromatic heterocycles. The highest BCUT2D eigenvalue weighted by molar-refractivity contribution is 5.80. The number of rotatable bonds is 3. The van der Waals surface area contributed by atoms with Crippen molar-refractivity contribution in [1.29, 1.82) is 0 Å². The maximum Gasteiger partial charge on any atom is 0.0454 e. The van der Waals surface area contributed by atoms with Crippen LogP contribution in [0.25, 0.3) is 10.9 Å². The summed E-state index contributed by atoms with van der Waals surface area (Å²) in [7, 11) is 0. The first-order chi connectivity index (χ1) is 6.81. The topological polar surface area (TPSA) is 67.8 Å². The summed E-state index contributed by atoms with van der Waals surface area (Å²) in [5, 5.41) is 1.20. The normalized spacial score (nSPS) is 13.3. The fraction of sp³-hybridized carbons (Fsp3) is 0.273. The third kappa shape index (κ3) is 1.64. The quantitative estimate of drug-likeness (QED) is 0.685. The van der Waals surface area contributed by atoms with Crippen LogP contribution in [0.2, 0.25) is 0 Å². The molecule has 2 rings (SSSR count). The summed E-state index contributed by atoms with van der Waals surface area (Å²) < 4.78 is 0. The van der Waals surface area contributed by atoms with Crippen LogP contribution in [0.15, 0.2) is 30.5 Å². The fourth-order valence-corrected chi connectivity index (χ4v) is 1.65. The first-order valence-corrected chi connectivity index (χ1v) is 4.84. The van der Waals surface area contributed by atoms with Gasteiger partial charge in [-0.2, -0.15) is 0 Å². The summed E-state index contributed by atoms with van der Waals surface area (Å²) in [6, 6.07) is 8.33. The Kier molecular flexibility index (Phi) is 2.52. The van der Waals surface area contributed by atoms with Gasteiger partial charge in [-0.05, 0) is 42.1 Å². The molecule has 0 unspecified atom stereocenters. The van der Waals surface area contributed by atoms with Gasteiger partial charge in [0.1, 0.15) is 0 Å². The Labute approximate surface area is 83.1 Å². The third-order valence-corrected chi connectivity index (χ3v) is 2.48. The molecular weight excluding hydrogens is 174 g/mol. The summed E-state index contributed by atoms with van der Waals surface area (Å²) in [5.41, 5.74) is 13.8. The molecule has 0 spiro atoms. The van der Waals surface area contributed by atoms with Crippen molar-refractivity contribution in [2.45, 2.75) is 12.5 Å². The number of nitrogens with two attached hydrogens (primary N) is 2. The fourth-order valence-electron chi connectivity index (χ4n) is 1.65. The SMILES string of the molecule is NCC[C@H](N)c1ccc2[nH]ccc2c1. The summed E-state index contributed by atoms with van der Waals surface area (Å²) >= 11 is 0. The predicted molar refractivity (Wildman–Crippen MR) is 58.9 cm³/mol. The summed E-state index contributed by atoms with van der Waals surface area (Å²) in [6.45, 7) is 0.631. The predicted octanol–water partition coefficient (Wildman–Crippen LogP) is 1.52. The second kappa shape index (κ2) is 3.82. The van der Waals surface area contributed by atoms with Gasteiger partial charge in [-0.15, -0.1) is 0 Å². The Morgan fingerprint density at radius 3 is 2.93 bits per heavy atom. The van der Waals surface area contributed by atoms with Crippen LogP contribution in [0, 0.1) is 0 Å². The molecule has 0 aliphatic carbocycles. The van der Waals surface area contributed by atoms with E-state index >= 15 is 0 Å². The Hall–Kier alpha value is -1.32. The lowest BCUT2D eigenvalue weighted by Crippen LogP contribution is -2.15. The van der Waals surface area contributed by atoms with Crippen molar-refractivity contribution in [1.82, 2.24) is 4.98 Å². The lowest BCUT2D eigenvalue weighted by molar-refractivity contribution is 0.662. The zero-order valence-electron chi connectivity index (χ0n) is 8.03. The second-order valence-corrected chi connectivity index (χ2v) is 3.51. The van der Waals surface area contributed by atoms with E-state index in [4.69, 9.17) is 11.5 Å². The van der Waals surface area contributed by atoms with E-state index in [9.17, 15) is 0 Å². The van der Waals surface area contributed by atoms with Gasteiger partial charge in [0.25, 0.3) is 0 Å². The first-order valence-electron chi connectivity index (χ1n) is 4.84. The molecule has 3 nitrogen and oxygen atoms in total. The van der Waals surface area contributed by atoms with Gasteiger partial charge in [-0.1, -0.05) is 6.07 Å². The molecule has 1 aromatic carbocycles. The van der Waals surface area contributed by atoms with E-state index in [2.05, 4.69) is 23.2 Å². The van der Waals surface area contributed by atoms with Crippen LogP contribution in [-0.4, -0.2) is 11.5 Å². The largest absolute Gasteiger partial charge is 0.361 e. The van der Waals surface area contributed by atoms with Gasteiger partial charge in [-0.25, -0.2) is 0 Å². The van der Waals surface area contributed by atoms with Crippen molar-refractivity contribution in [2.24, 2.45) is 11.5 Å². The molecule has 1 atom stereocenters. The van der Waals surface area contributed by atoms with E-state index in [1.54, 1.807) is 0 Å². The highest BCUT2D eigenvalue weighted by Gasteiger charge is 2.05. The van der Waals surface area contributed by atoms with Crippen LogP contribution in [0.1, 0.15) is 18.0 Å². The zero-order valence-corrected chi connectivity index (χ0v) is 8.03. The summed E-state index contributed by atoms with van der Waals surface area (Å²) in [5.74, 6) is 0. The van der Waals surface area contributed by atoms with E-state index in [-0.39, 0.29) is 6.04 Å². The maximum atomic E-state index is 5.98. The molecule has 0 fully saturated rings. The molecule has 5 N–H and O–H groups in total. The molecule has 0 bridgehead atoms. The van der Waals surface area contributed by atoms with Gasteiger partial charge in [0.2, 0.25) is 0 Å². The minimum absolute atomic E-state index is 0.0549. The Balaban J connectivity index is 2.33. The Morgan fingerprint density at radius 1 is 1.29 bits per heavy atom. The smallest absolute Gasteiger partial charge is 0.0454 e. The van der Waals surface area contributed by atoms with Crippen LogP contribution in [-0.2, 0) is 0 Å². The first kappa shape index (κ1) is 9.24. The van der Waals surface area contributed by atoms with Crippen LogP contribution in [0.5, 0.6) is 0 Å². The van der Waals surface area contributed by atoms with Crippen molar-refractivity contribution in [2.75, 3.05) is 6.54 Å². The summed E-state index contributed by atoms with van der Waals surface area (Å²) in [4.78, 5) is 3.15. The van der Waals surface area contributed by atoms with E-state index in [1.807, 2.05) is 12.3 Å². The second-order valence-electron chi connectivity index (χ2n) is 3.51. The molecule has 0 radical (unpaired) electrons. The molecule has 0 aliphatic heterocycles. The lowest BCUT2D eigenvalue weighted by atomic mass is 10.0. The minimum Gasteiger partial charge on any atom is -0.361 e. The monoisotopic (exact) mass is 189 g/mol. The van der Waals surface area contributed by atoms with Gasteiger partial charge < -0.3 is 16.5 Å². The van der Waals surface area contributed by atoms with E-state index < -0.39 is 0 Å². The van der Waals surface area contributed by atoms with Crippen molar-refractivity contribution >= 4 is 10.9 Å². The molecule has 0 saturated carbocycles. The van der Waals surface area contributed by atoms with Crippen LogP contribution >= 0.6 is 0 Å². The third-order valence-electron chi connectivity index (χ3n) is 2.48. The van der Waals surface area contributed by atoms with Gasteiger partial charge >= 0.3 is 0 Å². The van der Waals surface area contributed by atoms with Crippen LogP contribution in [0.4, 0.5) is 0 Å². The van der Waals surface area contributed by atoms with E-state index in [1.165, 1.54) is 5.39 Å². The molecule has 0 aliphatic rings. The van der Waals surface area contributed by atoms with Gasteiger partial charge in [0.05, 0.1) is 0 Å². The summed E-state index contributed by atoms with van der Waals surface area (Å²) in [6.07, 6.45) is 2.76. The van der Waals surface area contributed by atoms with Crippen molar-refractivity contribution < 1.29 is 0 Å². The highest BCUT2D eigenvalue weighted by atomic mass is 14.7. The standard InChI is InChI=1S/C11H15N3/c12-5-3-10(13)8-1-2-11-9(7-8)4-6-14-11/h1-2,4,6-7,10,14H,3,5,12-13H2/t10-/m0/s1. The average molecular weight is 189 g/mol. The molecular formula is C11H15N3.